The second-order valence-corrected chi connectivity index (χ2v) is 5.87. The van der Waals surface area contributed by atoms with Crippen LogP contribution in [0.4, 0.5) is 0 Å². The van der Waals surface area contributed by atoms with Crippen molar-refractivity contribution < 1.29 is 9.90 Å². The van der Waals surface area contributed by atoms with Crippen LogP contribution in [0.25, 0.3) is 0 Å². The van der Waals surface area contributed by atoms with Crippen LogP contribution in [0.3, 0.4) is 0 Å². The van der Waals surface area contributed by atoms with Gasteiger partial charge in [0, 0.05) is 24.1 Å². The van der Waals surface area contributed by atoms with Gasteiger partial charge in [-0.05, 0) is 36.5 Å². The van der Waals surface area contributed by atoms with E-state index in [-0.39, 0.29) is 17.9 Å². The van der Waals surface area contributed by atoms with Crippen molar-refractivity contribution >= 4 is 17.5 Å². The number of halogens is 1. The van der Waals surface area contributed by atoms with Crippen molar-refractivity contribution in [2.45, 2.75) is 26.2 Å². The Morgan fingerprint density at radius 2 is 2.25 bits per heavy atom. The molecule has 1 fully saturated rings. The van der Waals surface area contributed by atoms with Gasteiger partial charge in [0.15, 0.2) is 0 Å². The fourth-order valence-corrected chi connectivity index (χ4v) is 1.99. The van der Waals surface area contributed by atoms with E-state index >= 15 is 0 Å². The van der Waals surface area contributed by atoms with E-state index in [4.69, 9.17) is 16.7 Å². The lowest BCUT2D eigenvalue weighted by molar-refractivity contribution is 0.0946. The fraction of sp³-hybridized carbons (Fsp3) is 0.438. The van der Waals surface area contributed by atoms with Crippen LogP contribution < -0.4 is 5.32 Å². The van der Waals surface area contributed by atoms with E-state index in [0.29, 0.717) is 29.1 Å². The van der Waals surface area contributed by atoms with Gasteiger partial charge in [0.2, 0.25) is 0 Å². The molecule has 0 spiro atoms. The van der Waals surface area contributed by atoms with E-state index in [1.807, 2.05) is 0 Å². The average Bonchev–Trinajstić information content (AvgIpc) is 3.16. The summed E-state index contributed by atoms with van der Waals surface area (Å²) in [6.07, 6.45) is 2.76. The molecule has 0 radical (unpaired) electrons. The second kappa shape index (κ2) is 6.30. The third-order valence-electron chi connectivity index (χ3n) is 3.47. The first-order chi connectivity index (χ1) is 9.54. The third-order valence-corrected chi connectivity index (χ3v) is 3.78. The van der Waals surface area contributed by atoms with Crippen molar-refractivity contribution in [3.8, 4) is 11.8 Å². The van der Waals surface area contributed by atoms with Crippen molar-refractivity contribution in [3.05, 3.63) is 34.3 Å². The van der Waals surface area contributed by atoms with Gasteiger partial charge in [0.25, 0.3) is 5.91 Å². The Kier molecular flexibility index (Phi) is 4.69. The summed E-state index contributed by atoms with van der Waals surface area (Å²) in [6.45, 7) is 2.91. The number of carbonyl (C=O) groups is 1. The number of rotatable bonds is 4. The smallest absolute Gasteiger partial charge is 0.251 e. The Labute approximate surface area is 124 Å². The molecule has 106 valence electrons. The van der Waals surface area contributed by atoms with Crippen molar-refractivity contribution in [2.75, 3.05) is 13.2 Å². The highest BCUT2D eigenvalue weighted by atomic mass is 35.5. The molecule has 2 rings (SSSR count). The Morgan fingerprint density at radius 1 is 1.50 bits per heavy atom. The molecule has 4 heteroatoms. The maximum absolute atomic E-state index is 12.0. The fourth-order valence-electron chi connectivity index (χ4n) is 1.76. The number of nitrogens with one attached hydrogen (secondary N) is 1. The van der Waals surface area contributed by atoms with Gasteiger partial charge in [-0.15, -0.1) is 0 Å². The molecule has 1 aliphatic rings. The number of carbonyl (C=O) groups excluding carboxylic acids is 1. The predicted molar refractivity (Wildman–Crippen MR) is 79.7 cm³/mol. The van der Waals surface area contributed by atoms with E-state index in [2.05, 4.69) is 24.1 Å². The molecule has 0 atom stereocenters. The molecule has 20 heavy (non-hydrogen) atoms. The van der Waals surface area contributed by atoms with Crippen LogP contribution in [0.15, 0.2) is 18.2 Å². The number of benzene rings is 1. The minimum atomic E-state index is -0.102. The summed E-state index contributed by atoms with van der Waals surface area (Å²) in [5.74, 6) is 5.58. The normalized spacial score (nSPS) is 15.2. The Morgan fingerprint density at radius 3 is 2.85 bits per heavy atom. The van der Waals surface area contributed by atoms with Gasteiger partial charge < -0.3 is 10.4 Å². The van der Waals surface area contributed by atoms with Gasteiger partial charge in [-0.3, -0.25) is 4.79 Å². The van der Waals surface area contributed by atoms with Crippen molar-refractivity contribution in [3.63, 3.8) is 0 Å². The summed E-state index contributed by atoms with van der Waals surface area (Å²) in [4.78, 5) is 12.0. The van der Waals surface area contributed by atoms with E-state index in [1.54, 1.807) is 18.2 Å². The van der Waals surface area contributed by atoms with Crippen LogP contribution >= 0.6 is 11.6 Å². The van der Waals surface area contributed by atoms with Crippen molar-refractivity contribution in [1.82, 2.24) is 5.32 Å². The first kappa shape index (κ1) is 14.9. The minimum absolute atomic E-state index is 0.0316. The van der Waals surface area contributed by atoms with Crippen molar-refractivity contribution in [1.29, 1.82) is 0 Å². The summed E-state index contributed by atoms with van der Waals surface area (Å²) < 4.78 is 0. The summed E-state index contributed by atoms with van der Waals surface area (Å²) >= 11 is 6.11. The molecule has 1 aromatic rings. The Balaban J connectivity index is 2.00. The summed E-state index contributed by atoms with van der Waals surface area (Å²) in [6, 6.07) is 5.09. The summed E-state index contributed by atoms with van der Waals surface area (Å²) in [7, 11) is 0. The molecule has 0 bridgehead atoms. The Bertz CT molecular complexity index is 568. The summed E-state index contributed by atoms with van der Waals surface area (Å²) in [5.41, 5.74) is 1.51. The van der Waals surface area contributed by atoms with Crippen LogP contribution in [0, 0.1) is 17.3 Å². The summed E-state index contributed by atoms with van der Waals surface area (Å²) in [5, 5.41) is 12.1. The lowest BCUT2D eigenvalue weighted by Crippen LogP contribution is -2.28. The number of hydrogen-bond donors (Lipinski definition) is 2. The van der Waals surface area contributed by atoms with E-state index in [9.17, 15) is 4.79 Å². The molecule has 0 saturated heterocycles. The SMILES string of the molecule is CC1(CNC(=O)c2ccc(C#CCCO)c(Cl)c2)CC1. The number of hydrogen-bond acceptors (Lipinski definition) is 2. The van der Waals surface area contributed by atoms with Crippen LogP contribution in [0.5, 0.6) is 0 Å². The third kappa shape index (κ3) is 4.00. The second-order valence-electron chi connectivity index (χ2n) is 5.46. The zero-order valence-electron chi connectivity index (χ0n) is 11.5. The van der Waals surface area contributed by atoms with Crippen LogP contribution in [0.2, 0.25) is 5.02 Å². The zero-order valence-corrected chi connectivity index (χ0v) is 12.3. The van der Waals surface area contributed by atoms with Gasteiger partial charge in [-0.25, -0.2) is 0 Å². The molecule has 1 aromatic carbocycles. The quantitative estimate of drug-likeness (QED) is 0.838. The highest BCUT2D eigenvalue weighted by molar-refractivity contribution is 6.32. The number of aliphatic hydroxyl groups is 1. The lowest BCUT2D eigenvalue weighted by atomic mass is 10.1. The van der Waals surface area contributed by atoms with Gasteiger partial charge in [0.05, 0.1) is 11.6 Å². The first-order valence-electron chi connectivity index (χ1n) is 6.72. The number of amides is 1. The Hall–Kier alpha value is -1.50. The molecule has 0 unspecified atom stereocenters. The largest absolute Gasteiger partial charge is 0.395 e. The maximum atomic E-state index is 12.0. The van der Waals surface area contributed by atoms with Crippen molar-refractivity contribution in [2.24, 2.45) is 5.41 Å². The van der Waals surface area contributed by atoms with Crippen LogP contribution in [0.1, 0.15) is 42.1 Å². The highest BCUT2D eigenvalue weighted by Crippen LogP contribution is 2.44. The van der Waals surface area contributed by atoms with Crippen LogP contribution in [-0.4, -0.2) is 24.2 Å². The van der Waals surface area contributed by atoms with Gasteiger partial charge in [0.1, 0.15) is 0 Å². The molecule has 1 amide bonds. The molecule has 0 aliphatic heterocycles. The molecule has 0 aromatic heterocycles. The first-order valence-corrected chi connectivity index (χ1v) is 7.09. The predicted octanol–water partition coefficient (Wildman–Crippen LogP) is 2.60. The van der Waals surface area contributed by atoms with Crippen LogP contribution in [-0.2, 0) is 0 Å². The molecule has 2 N–H and O–H groups in total. The number of aliphatic hydroxyl groups excluding tert-OH is 1. The monoisotopic (exact) mass is 291 g/mol. The molecule has 1 aliphatic carbocycles. The van der Waals surface area contributed by atoms with E-state index in [1.165, 1.54) is 12.8 Å². The lowest BCUT2D eigenvalue weighted by Gasteiger charge is -2.10. The van der Waals surface area contributed by atoms with E-state index in [0.717, 1.165) is 0 Å². The molecular weight excluding hydrogens is 274 g/mol. The van der Waals surface area contributed by atoms with Gasteiger partial charge in [-0.2, -0.15) is 0 Å². The minimum Gasteiger partial charge on any atom is -0.395 e. The highest BCUT2D eigenvalue weighted by Gasteiger charge is 2.37. The zero-order chi connectivity index (χ0) is 14.6. The standard InChI is InChI=1S/C16H18ClNO2/c1-16(7-8-16)11-18-15(20)13-6-5-12(14(17)10-13)4-2-3-9-19/h5-6,10,19H,3,7-9,11H2,1H3,(H,18,20). The van der Waals surface area contributed by atoms with E-state index < -0.39 is 0 Å². The molecule has 3 nitrogen and oxygen atoms in total. The van der Waals surface area contributed by atoms with Gasteiger partial charge in [-0.1, -0.05) is 30.4 Å². The molecular formula is C16H18ClNO2. The maximum Gasteiger partial charge on any atom is 0.251 e. The molecule has 0 heterocycles. The van der Waals surface area contributed by atoms with Gasteiger partial charge >= 0.3 is 0 Å². The topological polar surface area (TPSA) is 49.3 Å². The molecule has 1 saturated carbocycles. The average molecular weight is 292 g/mol.